The highest BCUT2D eigenvalue weighted by atomic mass is 16.5. The molecule has 7 nitrogen and oxygen atoms in total. The van der Waals surface area contributed by atoms with Crippen molar-refractivity contribution in [2.75, 3.05) is 33.3 Å². The lowest BCUT2D eigenvalue weighted by atomic mass is 9.96. The fraction of sp³-hybridized carbons (Fsp3) is 0.550. The zero-order valence-electron chi connectivity index (χ0n) is 16.4. The molecule has 1 aliphatic heterocycles. The van der Waals surface area contributed by atoms with Gasteiger partial charge in [-0.3, -0.25) is 9.69 Å². The minimum Gasteiger partial charge on any atom is -0.497 e. The van der Waals surface area contributed by atoms with Gasteiger partial charge in [0.05, 0.1) is 19.6 Å². The molecule has 1 amide bonds. The van der Waals surface area contributed by atoms with Gasteiger partial charge in [-0.25, -0.2) is 0 Å². The standard InChI is InChI=1S/C20H28N4O3/c1-4-24(5-2)20(25)16-7-6-12-23(13-16)14-18-21-19(22-27-18)15-8-10-17(26-3)11-9-15/h8-11,16H,4-7,12-14H2,1-3H3. The highest BCUT2D eigenvalue weighted by Gasteiger charge is 2.29. The van der Waals surface area contributed by atoms with Gasteiger partial charge in [-0.2, -0.15) is 4.98 Å². The van der Waals surface area contributed by atoms with E-state index in [0.717, 1.165) is 50.3 Å². The molecule has 7 heteroatoms. The van der Waals surface area contributed by atoms with Crippen molar-refractivity contribution in [2.45, 2.75) is 33.2 Å². The highest BCUT2D eigenvalue weighted by molar-refractivity contribution is 5.79. The number of likely N-dealkylation sites (tertiary alicyclic amines) is 1. The third-order valence-electron chi connectivity index (χ3n) is 5.11. The molecule has 0 radical (unpaired) electrons. The van der Waals surface area contributed by atoms with Crippen LogP contribution in [-0.2, 0) is 11.3 Å². The van der Waals surface area contributed by atoms with E-state index in [9.17, 15) is 4.79 Å². The van der Waals surface area contributed by atoms with E-state index in [1.807, 2.05) is 43.0 Å². The maximum atomic E-state index is 12.6. The Bertz CT molecular complexity index is 740. The molecular weight excluding hydrogens is 344 g/mol. The van der Waals surface area contributed by atoms with E-state index in [1.165, 1.54) is 0 Å². The van der Waals surface area contributed by atoms with Gasteiger partial charge in [0.1, 0.15) is 5.75 Å². The molecule has 1 fully saturated rings. The van der Waals surface area contributed by atoms with Gasteiger partial charge in [-0.05, 0) is 57.5 Å². The lowest BCUT2D eigenvalue weighted by molar-refractivity contribution is -0.137. The van der Waals surface area contributed by atoms with Crippen molar-refractivity contribution in [1.29, 1.82) is 0 Å². The molecule has 1 aromatic heterocycles. The third-order valence-corrected chi connectivity index (χ3v) is 5.11. The molecule has 1 aromatic carbocycles. The number of carbonyl (C=O) groups is 1. The number of amides is 1. The first kappa shape index (κ1) is 19.4. The lowest BCUT2D eigenvalue weighted by Gasteiger charge is -2.33. The lowest BCUT2D eigenvalue weighted by Crippen LogP contribution is -2.44. The van der Waals surface area contributed by atoms with Crippen LogP contribution in [0.2, 0.25) is 0 Å². The molecule has 3 rings (SSSR count). The summed E-state index contributed by atoms with van der Waals surface area (Å²) in [5.41, 5.74) is 0.888. The Morgan fingerprint density at radius 3 is 2.70 bits per heavy atom. The summed E-state index contributed by atoms with van der Waals surface area (Å²) >= 11 is 0. The van der Waals surface area contributed by atoms with E-state index >= 15 is 0 Å². The van der Waals surface area contributed by atoms with Crippen molar-refractivity contribution in [1.82, 2.24) is 19.9 Å². The quantitative estimate of drug-likeness (QED) is 0.744. The Morgan fingerprint density at radius 1 is 1.30 bits per heavy atom. The van der Waals surface area contributed by atoms with Gasteiger partial charge in [-0.15, -0.1) is 0 Å². The van der Waals surface area contributed by atoms with Crippen LogP contribution in [0.3, 0.4) is 0 Å². The number of ether oxygens (including phenoxy) is 1. The van der Waals surface area contributed by atoms with Crippen molar-refractivity contribution < 1.29 is 14.1 Å². The molecule has 1 atom stereocenters. The van der Waals surface area contributed by atoms with E-state index < -0.39 is 0 Å². The maximum absolute atomic E-state index is 12.6. The van der Waals surface area contributed by atoms with Crippen LogP contribution in [0.4, 0.5) is 0 Å². The fourth-order valence-corrected chi connectivity index (χ4v) is 3.56. The Labute approximate surface area is 160 Å². The fourth-order valence-electron chi connectivity index (χ4n) is 3.56. The van der Waals surface area contributed by atoms with Crippen molar-refractivity contribution >= 4 is 5.91 Å². The number of rotatable bonds is 7. The van der Waals surface area contributed by atoms with Crippen molar-refractivity contribution in [3.05, 3.63) is 30.2 Å². The van der Waals surface area contributed by atoms with Gasteiger partial charge < -0.3 is 14.2 Å². The summed E-state index contributed by atoms with van der Waals surface area (Å²) in [6, 6.07) is 7.57. The smallest absolute Gasteiger partial charge is 0.241 e. The average Bonchev–Trinajstić information content (AvgIpc) is 3.17. The number of benzene rings is 1. The average molecular weight is 372 g/mol. The number of hydrogen-bond acceptors (Lipinski definition) is 6. The van der Waals surface area contributed by atoms with E-state index in [-0.39, 0.29) is 11.8 Å². The van der Waals surface area contributed by atoms with Crippen LogP contribution in [0, 0.1) is 5.92 Å². The van der Waals surface area contributed by atoms with Crippen molar-refractivity contribution in [3.63, 3.8) is 0 Å². The van der Waals surface area contributed by atoms with Gasteiger partial charge in [0.25, 0.3) is 0 Å². The Balaban J connectivity index is 1.61. The first-order valence-electron chi connectivity index (χ1n) is 9.62. The van der Waals surface area contributed by atoms with Crippen LogP contribution in [0.25, 0.3) is 11.4 Å². The maximum Gasteiger partial charge on any atom is 0.241 e. The largest absolute Gasteiger partial charge is 0.497 e. The second-order valence-corrected chi connectivity index (χ2v) is 6.83. The summed E-state index contributed by atoms with van der Waals surface area (Å²) in [6.07, 6.45) is 1.96. The Morgan fingerprint density at radius 2 is 2.04 bits per heavy atom. The Hall–Kier alpha value is -2.41. The number of carbonyl (C=O) groups excluding carboxylic acids is 1. The molecule has 0 N–H and O–H groups in total. The molecule has 0 bridgehead atoms. The molecule has 27 heavy (non-hydrogen) atoms. The highest BCUT2D eigenvalue weighted by Crippen LogP contribution is 2.23. The topological polar surface area (TPSA) is 71.7 Å². The Kier molecular flexibility index (Phi) is 6.45. The number of aromatic nitrogens is 2. The van der Waals surface area contributed by atoms with E-state index in [2.05, 4.69) is 15.0 Å². The summed E-state index contributed by atoms with van der Waals surface area (Å²) in [7, 11) is 1.64. The van der Waals surface area contributed by atoms with E-state index in [4.69, 9.17) is 9.26 Å². The van der Waals surface area contributed by atoms with Gasteiger partial charge in [0, 0.05) is 25.2 Å². The summed E-state index contributed by atoms with van der Waals surface area (Å²) in [4.78, 5) is 21.3. The first-order valence-corrected chi connectivity index (χ1v) is 9.62. The van der Waals surface area contributed by atoms with Crippen LogP contribution in [-0.4, -0.2) is 59.1 Å². The van der Waals surface area contributed by atoms with Crippen molar-refractivity contribution in [3.8, 4) is 17.1 Å². The van der Waals surface area contributed by atoms with Crippen LogP contribution in [0.15, 0.2) is 28.8 Å². The summed E-state index contributed by atoms with van der Waals surface area (Å²) in [5, 5.41) is 4.09. The number of piperidine rings is 1. The normalized spacial score (nSPS) is 17.7. The van der Waals surface area contributed by atoms with Gasteiger partial charge in [0.15, 0.2) is 0 Å². The van der Waals surface area contributed by atoms with Crippen molar-refractivity contribution in [2.24, 2.45) is 5.92 Å². The zero-order valence-corrected chi connectivity index (χ0v) is 16.4. The van der Waals surface area contributed by atoms with Crippen LogP contribution >= 0.6 is 0 Å². The third kappa shape index (κ3) is 4.66. The molecule has 2 heterocycles. The minimum absolute atomic E-state index is 0.0580. The molecule has 1 saturated heterocycles. The molecule has 2 aromatic rings. The SMILES string of the molecule is CCN(CC)C(=O)C1CCCN(Cc2nc(-c3ccc(OC)cc3)no2)C1. The predicted molar refractivity (Wildman–Crippen MR) is 102 cm³/mol. The van der Waals surface area contributed by atoms with Gasteiger partial charge in [-0.1, -0.05) is 5.16 Å². The number of methoxy groups -OCH3 is 1. The first-order chi connectivity index (χ1) is 13.1. The molecule has 0 spiro atoms. The molecule has 1 unspecified atom stereocenters. The zero-order chi connectivity index (χ0) is 19.2. The van der Waals surface area contributed by atoms with Crippen LogP contribution < -0.4 is 4.74 Å². The molecule has 146 valence electrons. The second-order valence-electron chi connectivity index (χ2n) is 6.83. The summed E-state index contributed by atoms with van der Waals surface area (Å²) in [5.74, 6) is 2.26. The van der Waals surface area contributed by atoms with E-state index in [0.29, 0.717) is 18.3 Å². The number of hydrogen-bond donors (Lipinski definition) is 0. The summed E-state index contributed by atoms with van der Waals surface area (Å²) in [6.45, 7) is 7.85. The monoisotopic (exact) mass is 372 g/mol. The van der Waals surface area contributed by atoms with Crippen LogP contribution in [0.1, 0.15) is 32.6 Å². The number of nitrogens with zero attached hydrogens (tertiary/aromatic N) is 4. The van der Waals surface area contributed by atoms with Gasteiger partial charge >= 0.3 is 0 Å². The van der Waals surface area contributed by atoms with Gasteiger partial charge in [0.2, 0.25) is 17.6 Å². The molecular formula is C20H28N4O3. The predicted octanol–water partition coefficient (Wildman–Crippen LogP) is 2.83. The summed E-state index contributed by atoms with van der Waals surface area (Å²) < 4.78 is 10.6. The van der Waals surface area contributed by atoms with E-state index in [1.54, 1.807) is 7.11 Å². The molecule has 0 saturated carbocycles. The van der Waals surface area contributed by atoms with Crippen LogP contribution in [0.5, 0.6) is 5.75 Å². The second kappa shape index (κ2) is 8.99. The molecule has 0 aliphatic carbocycles. The minimum atomic E-state index is 0.0580. The molecule has 1 aliphatic rings.